The van der Waals surface area contributed by atoms with Gasteiger partial charge in [0, 0.05) is 27.5 Å². The molecule has 0 spiro atoms. The minimum absolute atomic E-state index is 0.0608. The first-order chi connectivity index (χ1) is 22.3. The maximum Gasteiger partial charge on any atom is 0.164 e. The molecule has 0 bridgehead atoms. The van der Waals surface area contributed by atoms with Gasteiger partial charge < -0.3 is 4.42 Å². The second-order valence-electron chi connectivity index (χ2n) is 7.58. The SMILES string of the molecule is [2H]c1c([2H])c([2H])c(-c2nc(-c3c([2H])c([2H])c4c([2H])c([2H])c([2H])c([2H])c4c3[2H])nc(-c3cccc4oc5ccccc5c34)n2)c([2H])c1[2H]. The maximum atomic E-state index is 9.04. The van der Waals surface area contributed by atoms with Crippen LogP contribution in [0.4, 0.5) is 0 Å². The Morgan fingerprint density at radius 1 is 0.571 bits per heavy atom. The molecule has 35 heavy (non-hydrogen) atoms. The molecule has 2 aromatic heterocycles. The molecule has 5 aromatic carbocycles. The van der Waals surface area contributed by atoms with Gasteiger partial charge in [0.15, 0.2) is 17.5 Å². The van der Waals surface area contributed by atoms with Crippen molar-refractivity contribution in [3.05, 3.63) is 115 Å². The second-order valence-corrected chi connectivity index (χ2v) is 7.58. The van der Waals surface area contributed by atoms with Crippen LogP contribution in [0.3, 0.4) is 0 Å². The Hall–Kier alpha value is -4.83. The molecule has 0 aliphatic rings. The summed E-state index contributed by atoms with van der Waals surface area (Å²) in [5, 5.41) is 0.672. The number of aromatic nitrogens is 3. The van der Waals surface area contributed by atoms with Gasteiger partial charge in [-0.05, 0) is 28.9 Å². The minimum Gasteiger partial charge on any atom is -0.456 e. The van der Waals surface area contributed by atoms with Gasteiger partial charge in [0.2, 0.25) is 0 Å². The van der Waals surface area contributed by atoms with Gasteiger partial charge in [-0.3, -0.25) is 0 Å². The van der Waals surface area contributed by atoms with Gasteiger partial charge in [-0.1, -0.05) is 96.8 Å². The molecule has 0 radical (unpaired) electrons. The summed E-state index contributed by atoms with van der Waals surface area (Å²) in [6, 6.07) is 5.09. The highest BCUT2D eigenvalue weighted by Gasteiger charge is 2.17. The third-order valence-corrected chi connectivity index (χ3v) is 5.48. The topological polar surface area (TPSA) is 51.8 Å². The average molecular weight is 462 g/mol. The summed E-state index contributed by atoms with van der Waals surface area (Å²) in [4.78, 5) is 13.5. The van der Waals surface area contributed by atoms with E-state index < -0.39 is 72.5 Å². The first-order valence-corrected chi connectivity index (χ1v) is 10.6. The van der Waals surface area contributed by atoms with Crippen LogP contribution in [-0.4, -0.2) is 15.0 Å². The number of benzene rings is 5. The number of rotatable bonds is 3. The van der Waals surface area contributed by atoms with Crippen LogP contribution in [-0.2, 0) is 0 Å². The minimum atomic E-state index is -0.634. The van der Waals surface area contributed by atoms with Crippen molar-refractivity contribution in [3.8, 4) is 34.2 Å². The van der Waals surface area contributed by atoms with Crippen molar-refractivity contribution >= 4 is 32.7 Å². The first kappa shape index (κ1) is 11.1. The Kier molecular flexibility index (Phi) is 2.49. The fourth-order valence-electron chi connectivity index (χ4n) is 3.94. The van der Waals surface area contributed by atoms with Crippen molar-refractivity contribution in [2.45, 2.75) is 0 Å². The normalized spacial score (nSPS) is 16.2. The molecule has 0 saturated heterocycles. The summed E-state index contributed by atoms with van der Waals surface area (Å²) in [6.07, 6.45) is 0. The molecule has 0 atom stereocenters. The lowest BCUT2D eigenvalue weighted by Gasteiger charge is -2.10. The van der Waals surface area contributed by atoms with Crippen molar-refractivity contribution in [2.24, 2.45) is 0 Å². The van der Waals surface area contributed by atoms with E-state index in [1.54, 1.807) is 30.3 Å². The Labute approximate surface area is 218 Å². The Bertz CT molecular complexity index is 2490. The molecule has 0 aliphatic carbocycles. The second kappa shape index (κ2) is 7.89. The lowest BCUT2D eigenvalue weighted by molar-refractivity contribution is 0.669. The van der Waals surface area contributed by atoms with Gasteiger partial charge in [-0.2, -0.15) is 0 Å². The van der Waals surface area contributed by atoms with E-state index in [-0.39, 0.29) is 39.4 Å². The number of fused-ring (bicyclic) bond motifs is 4. The summed E-state index contributed by atoms with van der Waals surface area (Å²) >= 11 is 0. The highest BCUT2D eigenvalue weighted by atomic mass is 16.3. The number of hydrogen-bond acceptors (Lipinski definition) is 4. The monoisotopic (exact) mass is 461 g/mol. The quantitative estimate of drug-likeness (QED) is 0.268. The van der Waals surface area contributed by atoms with Gasteiger partial charge in [-0.25, -0.2) is 15.0 Å². The predicted octanol–water partition coefficient (Wildman–Crippen LogP) is 7.93. The van der Waals surface area contributed by atoms with Crippen LogP contribution in [0, 0.1) is 0 Å². The molecular formula is C31H19N3O. The summed E-state index contributed by atoms with van der Waals surface area (Å²) in [5.41, 5.74) is 0.717. The van der Waals surface area contributed by atoms with Crippen LogP contribution in [0.5, 0.6) is 0 Å². The van der Waals surface area contributed by atoms with Crippen molar-refractivity contribution in [1.82, 2.24) is 15.0 Å². The van der Waals surface area contributed by atoms with Crippen molar-refractivity contribution in [1.29, 1.82) is 0 Å². The molecule has 4 heteroatoms. The summed E-state index contributed by atoms with van der Waals surface area (Å²) in [6.45, 7) is 0. The standard InChI is InChI=1S/C31H19N3O/c1-2-10-21(11-3-1)29-32-30(23-18-17-20-9-4-5-12-22(20)19-23)34-31(33-29)25-14-8-16-27-28(25)24-13-6-7-15-26(24)35-27/h1-19H/i1D,2D,3D,4D,5D,9D,10D,11D,12D,17D,18D,19D. The predicted molar refractivity (Wildman–Crippen MR) is 141 cm³/mol. The zero-order chi connectivity index (χ0) is 33.6. The van der Waals surface area contributed by atoms with E-state index in [9.17, 15) is 0 Å². The molecule has 0 fully saturated rings. The molecule has 0 amide bonds. The lowest BCUT2D eigenvalue weighted by atomic mass is 10.0. The fourth-order valence-corrected chi connectivity index (χ4v) is 3.94. The molecule has 0 unspecified atom stereocenters. The van der Waals surface area contributed by atoms with Crippen LogP contribution in [0.15, 0.2) is 119 Å². The van der Waals surface area contributed by atoms with E-state index in [1.807, 2.05) is 12.1 Å². The van der Waals surface area contributed by atoms with Crippen LogP contribution >= 0.6 is 0 Å². The van der Waals surface area contributed by atoms with E-state index in [4.69, 9.17) is 20.9 Å². The smallest absolute Gasteiger partial charge is 0.164 e. The molecule has 164 valence electrons. The van der Waals surface area contributed by atoms with E-state index in [0.29, 0.717) is 27.5 Å². The highest BCUT2D eigenvalue weighted by Crippen LogP contribution is 2.36. The van der Waals surface area contributed by atoms with E-state index >= 15 is 0 Å². The van der Waals surface area contributed by atoms with Crippen LogP contribution in [0.2, 0.25) is 0 Å². The Morgan fingerprint density at radius 2 is 1.29 bits per heavy atom. The van der Waals surface area contributed by atoms with Gasteiger partial charge in [0.05, 0.1) is 16.4 Å². The van der Waals surface area contributed by atoms with Gasteiger partial charge in [0.25, 0.3) is 0 Å². The van der Waals surface area contributed by atoms with E-state index in [1.165, 1.54) is 0 Å². The Morgan fingerprint density at radius 3 is 2.17 bits per heavy atom. The molecule has 0 N–H and O–H groups in total. The van der Waals surface area contributed by atoms with Crippen LogP contribution < -0.4 is 0 Å². The number of furan rings is 1. The largest absolute Gasteiger partial charge is 0.456 e. The van der Waals surface area contributed by atoms with Crippen LogP contribution in [0.25, 0.3) is 66.9 Å². The number of nitrogens with zero attached hydrogens (tertiary/aromatic N) is 3. The Balaban J connectivity index is 1.64. The van der Waals surface area contributed by atoms with Gasteiger partial charge in [0.1, 0.15) is 11.2 Å². The number of para-hydroxylation sites is 1. The molecule has 0 saturated carbocycles. The highest BCUT2D eigenvalue weighted by molar-refractivity contribution is 6.11. The summed E-state index contributed by atoms with van der Waals surface area (Å²) in [5.74, 6) is -0.805. The van der Waals surface area contributed by atoms with Gasteiger partial charge in [-0.15, -0.1) is 0 Å². The maximum absolute atomic E-state index is 9.04. The van der Waals surface area contributed by atoms with Crippen molar-refractivity contribution in [2.75, 3.05) is 0 Å². The third-order valence-electron chi connectivity index (χ3n) is 5.48. The van der Waals surface area contributed by atoms with Crippen LogP contribution in [0.1, 0.15) is 16.4 Å². The van der Waals surface area contributed by atoms with Gasteiger partial charge >= 0.3 is 0 Å². The molecule has 0 aliphatic heterocycles. The molecule has 4 nitrogen and oxygen atoms in total. The van der Waals surface area contributed by atoms with E-state index in [0.717, 1.165) is 0 Å². The molecule has 2 heterocycles. The number of hydrogen-bond donors (Lipinski definition) is 0. The molecular weight excluding hydrogens is 430 g/mol. The summed E-state index contributed by atoms with van der Waals surface area (Å²) < 4.78 is 107. The summed E-state index contributed by atoms with van der Waals surface area (Å²) in [7, 11) is 0. The molecule has 7 rings (SSSR count). The first-order valence-electron chi connectivity index (χ1n) is 16.6. The zero-order valence-corrected chi connectivity index (χ0v) is 17.8. The van der Waals surface area contributed by atoms with Crippen molar-refractivity contribution < 1.29 is 20.9 Å². The van der Waals surface area contributed by atoms with Crippen molar-refractivity contribution in [3.63, 3.8) is 0 Å². The lowest BCUT2D eigenvalue weighted by Crippen LogP contribution is -2.00. The van der Waals surface area contributed by atoms with E-state index in [2.05, 4.69) is 15.0 Å². The molecule has 7 aromatic rings. The fraction of sp³-hybridized carbons (Fsp3) is 0. The zero-order valence-electron chi connectivity index (χ0n) is 29.8. The average Bonchev–Trinajstić information content (AvgIpc) is 3.45. The third kappa shape index (κ3) is 3.35.